The van der Waals surface area contributed by atoms with Gasteiger partial charge in [0.15, 0.2) is 10.9 Å². The van der Waals surface area contributed by atoms with Gasteiger partial charge in [-0.2, -0.15) is 11.8 Å². The van der Waals surface area contributed by atoms with Crippen molar-refractivity contribution in [3.63, 3.8) is 0 Å². The van der Waals surface area contributed by atoms with Crippen LogP contribution in [0.4, 0.5) is 5.13 Å². The molecule has 0 unspecified atom stereocenters. The number of rotatable bonds is 4. The standard InChI is InChI=1S/C11H16N2OS2/c1-13(6-7-15-2)11-12-8-4-3-5-9(14)10(8)16-11/h3-7H2,1-2H3. The van der Waals surface area contributed by atoms with Crippen LogP contribution in [0.1, 0.15) is 28.2 Å². The summed E-state index contributed by atoms with van der Waals surface area (Å²) in [6.45, 7) is 0.988. The predicted molar refractivity (Wildman–Crippen MR) is 71.0 cm³/mol. The summed E-state index contributed by atoms with van der Waals surface area (Å²) >= 11 is 3.39. The van der Waals surface area contributed by atoms with Gasteiger partial charge in [-0.05, 0) is 19.1 Å². The third-order valence-corrected chi connectivity index (χ3v) is 4.56. The molecule has 0 spiro atoms. The Morgan fingerprint density at radius 1 is 1.50 bits per heavy atom. The molecule has 16 heavy (non-hydrogen) atoms. The SMILES string of the molecule is CSCCN(C)c1nc2c(s1)C(=O)CCC2. The van der Waals surface area contributed by atoms with Gasteiger partial charge >= 0.3 is 0 Å². The van der Waals surface area contributed by atoms with Crippen molar-refractivity contribution in [2.45, 2.75) is 19.3 Å². The normalized spacial score (nSPS) is 15.0. The largest absolute Gasteiger partial charge is 0.350 e. The zero-order valence-electron chi connectivity index (χ0n) is 9.65. The molecular weight excluding hydrogens is 240 g/mol. The van der Waals surface area contributed by atoms with E-state index < -0.39 is 0 Å². The van der Waals surface area contributed by atoms with Crippen molar-refractivity contribution in [1.82, 2.24) is 4.98 Å². The van der Waals surface area contributed by atoms with E-state index in [1.807, 2.05) is 18.8 Å². The van der Waals surface area contributed by atoms with Crippen molar-refractivity contribution >= 4 is 34.0 Å². The lowest BCUT2D eigenvalue weighted by molar-refractivity contribution is 0.0976. The molecule has 0 saturated heterocycles. The number of thiazole rings is 1. The Hall–Kier alpha value is -0.550. The predicted octanol–water partition coefficient (Wildman–Crippen LogP) is 2.46. The summed E-state index contributed by atoms with van der Waals surface area (Å²) in [5.41, 5.74) is 1.02. The highest BCUT2D eigenvalue weighted by atomic mass is 32.2. The van der Waals surface area contributed by atoms with E-state index in [9.17, 15) is 4.79 Å². The van der Waals surface area contributed by atoms with Gasteiger partial charge in [0.05, 0.1) is 10.6 Å². The summed E-state index contributed by atoms with van der Waals surface area (Å²) in [7, 11) is 2.05. The van der Waals surface area contributed by atoms with Crippen LogP contribution < -0.4 is 4.90 Å². The molecule has 1 aliphatic carbocycles. The van der Waals surface area contributed by atoms with E-state index in [2.05, 4.69) is 16.1 Å². The van der Waals surface area contributed by atoms with Crippen LogP contribution in [0.5, 0.6) is 0 Å². The minimum Gasteiger partial charge on any atom is -0.350 e. The molecule has 0 N–H and O–H groups in total. The van der Waals surface area contributed by atoms with E-state index in [0.717, 1.165) is 40.8 Å². The van der Waals surface area contributed by atoms with Crippen molar-refractivity contribution in [3.8, 4) is 0 Å². The van der Waals surface area contributed by atoms with Crippen LogP contribution in [0.15, 0.2) is 0 Å². The van der Waals surface area contributed by atoms with E-state index in [-0.39, 0.29) is 5.78 Å². The van der Waals surface area contributed by atoms with E-state index in [4.69, 9.17) is 0 Å². The second-order valence-electron chi connectivity index (χ2n) is 3.96. The number of hydrogen-bond donors (Lipinski definition) is 0. The van der Waals surface area contributed by atoms with Crippen molar-refractivity contribution in [2.75, 3.05) is 30.5 Å². The number of Topliss-reactive ketones (excluding diaryl/α,β-unsaturated/α-hetero) is 1. The van der Waals surface area contributed by atoms with Gasteiger partial charge in [-0.25, -0.2) is 4.98 Å². The second kappa shape index (κ2) is 5.19. The summed E-state index contributed by atoms with van der Waals surface area (Å²) < 4.78 is 0. The van der Waals surface area contributed by atoms with E-state index in [1.165, 1.54) is 0 Å². The molecule has 1 heterocycles. The van der Waals surface area contributed by atoms with Crippen LogP contribution >= 0.6 is 23.1 Å². The molecule has 0 atom stereocenters. The number of carbonyl (C=O) groups excluding carboxylic acids is 1. The Bertz CT molecular complexity index is 389. The molecule has 0 aromatic carbocycles. The third kappa shape index (κ3) is 2.40. The average molecular weight is 256 g/mol. The van der Waals surface area contributed by atoms with Gasteiger partial charge in [0.2, 0.25) is 0 Å². The van der Waals surface area contributed by atoms with Crippen molar-refractivity contribution in [1.29, 1.82) is 0 Å². The first-order valence-corrected chi connectivity index (χ1v) is 7.66. The van der Waals surface area contributed by atoms with Crippen molar-refractivity contribution in [3.05, 3.63) is 10.6 Å². The molecule has 3 nitrogen and oxygen atoms in total. The zero-order valence-corrected chi connectivity index (χ0v) is 11.3. The lowest BCUT2D eigenvalue weighted by Crippen LogP contribution is -2.19. The number of hydrogen-bond acceptors (Lipinski definition) is 5. The maximum Gasteiger partial charge on any atom is 0.185 e. The summed E-state index contributed by atoms with van der Waals surface area (Å²) in [6.07, 6.45) is 4.73. The molecule has 1 aliphatic rings. The van der Waals surface area contributed by atoms with Crippen molar-refractivity contribution in [2.24, 2.45) is 0 Å². The molecule has 5 heteroatoms. The molecular formula is C11H16N2OS2. The number of fused-ring (bicyclic) bond motifs is 1. The molecule has 1 aromatic heterocycles. The fraction of sp³-hybridized carbons (Fsp3) is 0.636. The molecule has 0 fully saturated rings. The second-order valence-corrected chi connectivity index (χ2v) is 5.93. The number of ketones is 1. The maximum atomic E-state index is 11.7. The number of carbonyl (C=O) groups is 1. The smallest absolute Gasteiger partial charge is 0.185 e. The molecule has 1 aromatic rings. The van der Waals surface area contributed by atoms with Crippen LogP contribution in [0.2, 0.25) is 0 Å². The number of nitrogens with zero attached hydrogens (tertiary/aromatic N) is 2. The summed E-state index contributed by atoms with van der Waals surface area (Å²) in [5, 5.41) is 0.995. The number of aryl methyl sites for hydroxylation is 1. The van der Waals surface area contributed by atoms with Crippen LogP contribution in [0.25, 0.3) is 0 Å². The van der Waals surface area contributed by atoms with Gasteiger partial charge in [-0.1, -0.05) is 11.3 Å². The lowest BCUT2D eigenvalue weighted by atomic mass is 10.0. The van der Waals surface area contributed by atoms with E-state index in [0.29, 0.717) is 6.42 Å². The van der Waals surface area contributed by atoms with Gasteiger partial charge in [-0.15, -0.1) is 0 Å². The fourth-order valence-electron chi connectivity index (χ4n) is 1.74. The molecule has 88 valence electrons. The van der Waals surface area contributed by atoms with E-state index in [1.54, 1.807) is 11.3 Å². The molecule has 0 radical (unpaired) electrons. The summed E-state index contributed by atoms with van der Waals surface area (Å²) in [4.78, 5) is 19.3. The quantitative estimate of drug-likeness (QED) is 0.828. The topological polar surface area (TPSA) is 33.2 Å². The number of thioether (sulfide) groups is 1. The third-order valence-electron chi connectivity index (χ3n) is 2.71. The Morgan fingerprint density at radius 2 is 2.31 bits per heavy atom. The first-order chi connectivity index (χ1) is 7.72. The Morgan fingerprint density at radius 3 is 3.00 bits per heavy atom. The number of aromatic nitrogens is 1. The minimum atomic E-state index is 0.281. The molecule has 0 amide bonds. The summed E-state index contributed by atoms with van der Waals surface area (Å²) in [5.74, 6) is 1.37. The highest BCUT2D eigenvalue weighted by molar-refractivity contribution is 7.98. The highest BCUT2D eigenvalue weighted by Gasteiger charge is 2.23. The zero-order chi connectivity index (χ0) is 11.5. The lowest BCUT2D eigenvalue weighted by Gasteiger charge is -2.14. The molecule has 0 bridgehead atoms. The fourth-order valence-corrected chi connectivity index (χ4v) is 3.27. The first-order valence-electron chi connectivity index (χ1n) is 5.45. The van der Waals surface area contributed by atoms with Gasteiger partial charge in [0.25, 0.3) is 0 Å². The van der Waals surface area contributed by atoms with Gasteiger partial charge < -0.3 is 4.90 Å². The molecule has 2 rings (SSSR count). The van der Waals surface area contributed by atoms with Crippen LogP contribution in [0, 0.1) is 0 Å². The minimum absolute atomic E-state index is 0.281. The van der Waals surface area contributed by atoms with Crippen molar-refractivity contribution < 1.29 is 4.79 Å². The van der Waals surface area contributed by atoms with Crippen LogP contribution in [-0.2, 0) is 6.42 Å². The van der Waals surface area contributed by atoms with Gasteiger partial charge in [0.1, 0.15) is 0 Å². The van der Waals surface area contributed by atoms with Gasteiger partial charge in [-0.3, -0.25) is 4.79 Å². The van der Waals surface area contributed by atoms with Gasteiger partial charge in [0, 0.05) is 25.8 Å². The Labute approximate surface area is 104 Å². The van der Waals surface area contributed by atoms with Crippen LogP contribution in [0.3, 0.4) is 0 Å². The molecule has 0 saturated carbocycles. The average Bonchev–Trinajstić information content (AvgIpc) is 2.71. The highest BCUT2D eigenvalue weighted by Crippen LogP contribution is 2.31. The summed E-state index contributed by atoms with van der Waals surface area (Å²) in [6, 6.07) is 0. The monoisotopic (exact) mass is 256 g/mol. The first kappa shape index (κ1) is 11.9. The Kier molecular flexibility index (Phi) is 3.86. The number of anilines is 1. The maximum absolute atomic E-state index is 11.7. The Balaban J connectivity index is 2.14. The van der Waals surface area contributed by atoms with Crippen LogP contribution in [-0.4, -0.2) is 36.4 Å². The molecule has 0 aliphatic heterocycles. The van der Waals surface area contributed by atoms with E-state index >= 15 is 0 Å².